The lowest BCUT2D eigenvalue weighted by atomic mass is 10.1. The van der Waals surface area contributed by atoms with Crippen LogP contribution in [0.3, 0.4) is 0 Å². The number of phenolic OH excluding ortho intramolecular Hbond substituents is 1. The molecule has 0 saturated heterocycles. The monoisotopic (exact) mass is 407 g/mol. The van der Waals surface area contributed by atoms with Crippen LogP contribution in [0.15, 0.2) is 53.1 Å². The highest BCUT2D eigenvalue weighted by Crippen LogP contribution is 2.34. The van der Waals surface area contributed by atoms with Crippen molar-refractivity contribution >= 4 is 28.5 Å². The fraction of sp³-hybridized carbons (Fsp3) is 0.200. The van der Waals surface area contributed by atoms with Crippen molar-refractivity contribution < 1.29 is 37.0 Å². The Labute approximate surface area is 162 Å². The van der Waals surface area contributed by atoms with Crippen molar-refractivity contribution in [2.75, 3.05) is 5.32 Å². The second-order valence-electron chi connectivity index (χ2n) is 6.28. The first-order valence-corrected chi connectivity index (χ1v) is 8.51. The number of esters is 1. The Balaban J connectivity index is 1.64. The summed E-state index contributed by atoms with van der Waals surface area (Å²) in [7, 11) is 0. The number of anilines is 1. The van der Waals surface area contributed by atoms with Gasteiger partial charge in [0.25, 0.3) is 5.91 Å². The summed E-state index contributed by atoms with van der Waals surface area (Å²) in [6.07, 6.45) is -4.84. The number of fused-ring (bicyclic) bond motifs is 1. The number of hydrogen-bond donors (Lipinski definition) is 2. The minimum absolute atomic E-state index is 0.00501. The number of aromatic hydroxyl groups is 1. The van der Waals surface area contributed by atoms with E-state index in [9.17, 15) is 27.9 Å². The van der Waals surface area contributed by atoms with E-state index in [1.54, 1.807) is 6.07 Å². The topological polar surface area (TPSA) is 88.8 Å². The number of phenols is 1. The molecule has 2 N–H and O–H groups in total. The molecule has 3 rings (SSSR count). The lowest BCUT2D eigenvalue weighted by Gasteiger charge is -2.16. The summed E-state index contributed by atoms with van der Waals surface area (Å²) in [6, 6.07) is 8.90. The average Bonchev–Trinajstić information content (AvgIpc) is 3.02. The molecule has 0 saturated carbocycles. The highest BCUT2D eigenvalue weighted by atomic mass is 19.4. The number of halogens is 3. The maximum atomic E-state index is 13.0. The number of nitrogens with one attached hydrogen (secondary N) is 1. The van der Waals surface area contributed by atoms with Gasteiger partial charge in [-0.1, -0.05) is 12.1 Å². The summed E-state index contributed by atoms with van der Waals surface area (Å²) >= 11 is 0. The Morgan fingerprint density at radius 2 is 1.93 bits per heavy atom. The number of amides is 1. The Bertz CT molecular complexity index is 1060. The van der Waals surface area contributed by atoms with Crippen molar-refractivity contribution in [1.82, 2.24) is 0 Å². The Morgan fingerprint density at radius 3 is 2.66 bits per heavy atom. The van der Waals surface area contributed by atoms with Crippen LogP contribution in [0.25, 0.3) is 11.0 Å². The van der Waals surface area contributed by atoms with E-state index in [0.29, 0.717) is 16.5 Å². The van der Waals surface area contributed by atoms with E-state index in [2.05, 4.69) is 5.32 Å². The zero-order valence-electron chi connectivity index (χ0n) is 15.1. The van der Waals surface area contributed by atoms with E-state index < -0.39 is 35.4 Å². The quantitative estimate of drug-likeness (QED) is 0.617. The minimum Gasteiger partial charge on any atom is -0.508 e. The molecular formula is C20H16F3NO5. The number of benzene rings is 2. The van der Waals surface area contributed by atoms with Gasteiger partial charge in [-0.25, -0.2) is 0 Å². The fourth-order valence-electron chi connectivity index (χ4n) is 2.73. The predicted octanol–water partition coefficient (Wildman–Crippen LogP) is 4.27. The van der Waals surface area contributed by atoms with Gasteiger partial charge in [0.2, 0.25) is 0 Å². The normalized spacial score (nSPS) is 12.6. The number of carbonyl (C=O) groups is 2. The molecular weight excluding hydrogens is 391 g/mol. The van der Waals surface area contributed by atoms with E-state index in [1.807, 2.05) is 0 Å². The Kier molecular flexibility index (Phi) is 5.49. The number of carbonyl (C=O) groups excluding carboxylic acids is 2. The molecule has 0 bridgehead atoms. The molecule has 0 radical (unpaired) electrons. The number of hydrogen-bond acceptors (Lipinski definition) is 5. The summed E-state index contributed by atoms with van der Waals surface area (Å²) in [5, 5.41) is 12.2. The van der Waals surface area contributed by atoms with Crippen molar-refractivity contribution in [3.63, 3.8) is 0 Å². The summed E-state index contributed by atoms with van der Waals surface area (Å²) in [6.45, 7) is 1.26. The maximum absolute atomic E-state index is 13.0. The van der Waals surface area contributed by atoms with Crippen LogP contribution in [0.4, 0.5) is 18.9 Å². The molecule has 0 spiro atoms. The third-order valence-corrected chi connectivity index (χ3v) is 4.14. The van der Waals surface area contributed by atoms with Crippen LogP contribution < -0.4 is 5.32 Å². The first-order valence-electron chi connectivity index (χ1n) is 8.51. The van der Waals surface area contributed by atoms with Gasteiger partial charge in [-0.15, -0.1) is 0 Å². The Morgan fingerprint density at radius 1 is 1.21 bits per heavy atom. The summed E-state index contributed by atoms with van der Waals surface area (Å²) < 4.78 is 49.3. The van der Waals surface area contributed by atoms with Crippen LogP contribution >= 0.6 is 0 Å². The number of para-hydroxylation sites is 1. The van der Waals surface area contributed by atoms with Crippen LogP contribution in [-0.2, 0) is 26.9 Å². The second kappa shape index (κ2) is 7.86. The fourth-order valence-corrected chi connectivity index (χ4v) is 2.73. The second-order valence-corrected chi connectivity index (χ2v) is 6.28. The van der Waals surface area contributed by atoms with Crippen molar-refractivity contribution in [2.24, 2.45) is 0 Å². The van der Waals surface area contributed by atoms with Gasteiger partial charge < -0.3 is 19.6 Å². The summed E-state index contributed by atoms with van der Waals surface area (Å²) in [5.41, 5.74) is -0.559. The third kappa shape index (κ3) is 4.68. The first-order chi connectivity index (χ1) is 13.6. The smallest absolute Gasteiger partial charge is 0.418 e. The van der Waals surface area contributed by atoms with E-state index >= 15 is 0 Å². The van der Waals surface area contributed by atoms with Gasteiger partial charge in [0, 0.05) is 17.0 Å². The van der Waals surface area contributed by atoms with Crippen molar-refractivity contribution in [3.8, 4) is 5.75 Å². The summed E-state index contributed by atoms with van der Waals surface area (Å²) in [5.74, 6) is -1.64. The van der Waals surface area contributed by atoms with E-state index in [0.717, 1.165) is 12.1 Å². The number of rotatable bonds is 5. The number of furan rings is 1. The zero-order chi connectivity index (χ0) is 21.2. The highest BCUT2D eigenvalue weighted by molar-refractivity contribution is 5.96. The van der Waals surface area contributed by atoms with E-state index in [1.165, 1.54) is 37.5 Å². The molecule has 1 heterocycles. The lowest BCUT2D eigenvalue weighted by molar-refractivity contribution is -0.152. The lowest BCUT2D eigenvalue weighted by Crippen LogP contribution is -2.31. The molecule has 152 valence electrons. The molecule has 0 unspecified atom stereocenters. The van der Waals surface area contributed by atoms with Crippen LogP contribution in [0, 0.1) is 0 Å². The molecule has 3 aromatic rings. The molecule has 1 amide bonds. The van der Waals surface area contributed by atoms with Crippen LogP contribution in [-0.4, -0.2) is 23.1 Å². The molecule has 0 aliphatic rings. The zero-order valence-corrected chi connectivity index (χ0v) is 15.1. The van der Waals surface area contributed by atoms with Crippen LogP contribution in [0.5, 0.6) is 5.75 Å². The van der Waals surface area contributed by atoms with E-state index in [4.69, 9.17) is 9.15 Å². The van der Waals surface area contributed by atoms with Gasteiger partial charge in [-0.3, -0.25) is 9.59 Å². The maximum Gasteiger partial charge on any atom is 0.418 e. The predicted molar refractivity (Wildman–Crippen MR) is 97.2 cm³/mol. The van der Waals surface area contributed by atoms with Crippen molar-refractivity contribution in [1.29, 1.82) is 0 Å². The number of ether oxygens (including phenoxy) is 1. The molecule has 2 aromatic carbocycles. The standard InChI is InChI=1S/C20H16F3NO5/c1-11(19(27)24-16-5-3-2-4-15(16)20(21,22)23)29-18(26)8-12-10-28-17-9-13(25)6-7-14(12)17/h2-7,9-11,25H,8H2,1H3,(H,24,27)/t11-/m0/s1. The van der Waals surface area contributed by atoms with Gasteiger partial charge in [0.15, 0.2) is 6.10 Å². The average molecular weight is 407 g/mol. The molecule has 9 heteroatoms. The molecule has 29 heavy (non-hydrogen) atoms. The SMILES string of the molecule is C[C@H](OC(=O)Cc1coc2cc(O)ccc12)C(=O)Nc1ccccc1C(F)(F)F. The largest absolute Gasteiger partial charge is 0.508 e. The van der Waals surface area contributed by atoms with Gasteiger partial charge >= 0.3 is 12.1 Å². The first kappa shape index (κ1) is 20.2. The van der Waals surface area contributed by atoms with Crippen LogP contribution in [0.2, 0.25) is 0 Å². The molecule has 1 aromatic heterocycles. The van der Waals surface area contributed by atoms with Crippen LogP contribution in [0.1, 0.15) is 18.1 Å². The molecule has 0 aliphatic heterocycles. The van der Waals surface area contributed by atoms with Gasteiger partial charge in [-0.05, 0) is 31.2 Å². The Hall–Kier alpha value is -3.49. The van der Waals surface area contributed by atoms with Gasteiger partial charge in [0.1, 0.15) is 11.3 Å². The molecule has 0 aliphatic carbocycles. The summed E-state index contributed by atoms with van der Waals surface area (Å²) in [4.78, 5) is 24.3. The van der Waals surface area contributed by atoms with Gasteiger partial charge in [0.05, 0.1) is 23.9 Å². The van der Waals surface area contributed by atoms with Gasteiger partial charge in [-0.2, -0.15) is 13.2 Å². The third-order valence-electron chi connectivity index (χ3n) is 4.14. The molecule has 0 fully saturated rings. The molecule has 1 atom stereocenters. The minimum atomic E-state index is -4.64. The van der Waals surface area contributed by atoms with Crippen molar-refractivity contribution in [3.05, 3.63) is 59.9 Å². The van der Waals surface area contributed by atoms with Crippen molar-refractivity contribution in [2.45, 2.75) is 25.6 Å². The number of alkyl halides is 3. The van der Waals surface area contributed by atoms with E-state index in [-0.39, 0.29) is 12.2 Å². The highest BCUT2D eigenvalue weighted by Gasteiger charge is 2.34. The molecule has 6 nitrogen and oxygen atoms in total.